The lowest BCUT2D eigenvalue weighted by atomic mass is 9.79. The molecule has 0 radical (unpaired) electrons. The quantitative estimate of drug-likeness (QED) is 0.714. The Morgan fingerprint density at radius 1 is 1.00 bits per heavy atom. The maximum Gasteiger partial charge on any atom is 0.147 e. The summed E-state index contributed by atoms with van der Waals surface area (Å²) in [6.45, 7) is 2.14. The van der Waals surface area contributed by atoms with Crippen LogP contribution in [0, 0.1) is 5.41 Å². The van der Waals surface area contributed by atoms with E-state index < -0.39 is 9.84 Å². The molecule has 0 aliphatic heterocycles. The van der Waals surface area contributed by atoms with Gasteiger partial charge in [-0.1, -0.05) is 39.0 Å². The molecule has 0 bridgehead atoms. The van der Waals surface area contributed by atoms with E-state index in [4.69, 9.17) is 0 Å². The molecule has 0 N–H and O–H groups in total. The van der Waals surface area contributed by atoms with Crippen molar-refractivity contribution in [3.63, 3.8) is 0 Å². The highest BCUT2D eigenvalue weighted by Crippen LogP contribution is 2.34. The first-order valence-corrected chi connectivity index (χ1v) is 7.65. The van der Waals surface area contributed by atoms with Gasteiger partial charge in [0.25, 0.3) is 0 Å². The normalized spacial score (nSPS) is 23.9. The molecule has 0 heterocycles. The van der Waals surface area contributed by atoms with Crippen molar-refractivity contribution in [1.82, 2.24) is 0 Å². The number of hydrogen-bond donors (Lipinski definition) is 0. The summed E-state index contributed by atoms with van der Waals surface area (Å²) in [6.07, 6.45) is 9.81. The highest BCUT2D eigenvalue weighted by Gasteiger charge is 2.28. The van der Waals surface area contributed by atoms with Crippen molar-refractivity contribution in [2.24, 2.45) is 5.41 Å². The van der Waals surface area contributed by atoms with Crippen molar-refractivity contribution >= 4 is 9.84 Å². The van der Waals surface area contributed by atoms with Gasteiger partial charge in [0.15, 0.2) is 0 Å². The number of rotatable bonds is 2. The van der Waals surface area contributed by atoms with Crippen molar-refractivity contribution in [3.05, 3.63) is 0 Å². The summed E-state index contributed by atoms with van der Waals surface area (Å²) < 4.78 is 22.6. The van der Waals surface area contributed by atoms with Crippen LogP contribution in [0.25, 0.3) is 0 Å². The van der Waals surface area contributed by atoms with E-state index in [1.807, 2.05) is 0 Å². The van der Waals surface area contributed by atoms with Crippen molar-refractivity contribution in [1.29, 1.82) is 0 Å². The van der Waals surface area contributed by atoms with Gasteiger partial charge in [-0.05, 0) is 18.3 Å². The van der Waals surface area contributed by atoms with Crippen LogP contribution in [-0.2, 0) is 9.84 Å². The molecule has 14 heavy (non-hydrogen) atoms. The zero-order valence-corrected chi connectivity index (χ0v) is 10.2. The molecule has 0 saturated heterocycles. The molecule has 84 valence electrons. The number of hydrogen-bond acceptors (Lipinski definition) is 2. The van der Waals surface area contributed by atoms with E-state index in [0.29, 0.717) is 5.75 Å². The first kappa shape index (κ1) is 12.0. The smallest absolute Gasteiger partial charge is 0.147 e. The van der Waals surface area contributed by atoms with E-state index in [9.17, 15) is 8.42 Å². The van der Waals surface area contributed by atoms with Gasteiger partial charge in [-0.2, -0.15) is 0 Å². The van der Waals surface area contributed by atoms with Gasteiger partial charge in [-0.25, -0.2) is 8.42 Å². The average molecular weight is 218 g/mol. The summed E-state index contributed by atoms with van der Waals surface area (Å²) in [5, 5.41) is 0. The molecule has 1 fully saturated rings. The van der Waals surface area contributed by atoms with Gasteiger partial charge in [0.1, 0.15) is 9.84 Å². The van der Waals surface area contributed by atoms with Crippen LogP contribution in [0.3, 0.4) is 0 Å². The molecular weight excluding hydrogens is 196 g/mol. The van der Waals surface area contributed by atoms with Crippen molar-refractivity contribution in [3.8, 4) is 0 Å². The van der Waals surface area contributed by atoms with Crippen LogP contribution in [0.1, 0.15) is 51.9 Å². The summed E-state index contributed by atoms with van der Waals surface area (Å²) in [5.41, 5.74) is 0.0496. The fraction of sp³-hybridized carbons (Fsp3) is 1.00. The van der Waals surface area contributed by atoms with Crippen LogP contribution in [-0.4, -0.2) is 20.4 Å². The predicted molar refractivity (Wildman–Crippen MR) is 60.1 cm³/mol. The fourth-order valence-electron chi connectivity index (χ4n) is 2.54. The Morgan fingerprint density at radius 3 is 1.86 bits per heavy atom. The molecular formula is C11H22O2S. The highest BCUT2D eigenvalue weighted by molar-refractivity contribution is 7.90. The molecule has 0 aromatic rings. The monoisotopic (exact) mass is 218 g/mol. The zero-order chi connectivity index (χ0) is 10.7. The second-order valence-electron chi connectivity index (χ2n) is 5.15. The van der Waals surface area contributed by atoms with Gasteiger partial charge < -0.3 is 0 Å². The maximum atomic E-state index is 11.3. The molecule has 0 spiro atoms. The molecule has 0 unspecified atom stereocenters. The van der Waals surface area contributed by atoms with Gasteiger partial charge in [0, 0.05) is 6.26 Å². The Kier molecular flexibility index (Phi) is 3.99. The molecule has 0 amide bonds. The summed E-state index contributed by atoms with van der Waals surface area (Å²) in [4.78, 5) is 0. The van der Waals surface area contributed by atoms with E-state index in [1.165, 1.54) is 38.4 Å². The van der Waals surface area contributed by atoms with E-state index in [2.05, 4.69) is 6.92 Å². The third-order valence-electron chi connectivity index (χ3n) is 3.17. The van der Waals surface area contributed by atoms with Gasteiger partial charge in [-0.15, -0.1) is 0 Å². The Bertz CT molecular complexity index is 259. The van der Waals surface area contributed by atoms with Crippen LogP contribution in [0.4, 0.5) is 0 Å². The van der Waals surface area contributed by atoms with Crippen LogP contribution in [0.5, 0.6) is 0 Å². The molecule has 0 aromatic heterocycles. The van der Waals surface area contributed by atoms with E-state index in [1.54, 1.807) is 0 Å². The molecule has 0 atom stereocenters. The molecule has 2 nitrogen and oxygen atoms in total. The van der Waals surface area contributed by atoms with Crippen molar-refractivity contribution in [2.75, 3.05) is 12.0 Å². The second-order valence-corrected chi connectivity index (χ2v) is 7.29. The molecule has 1 rings (SSSR count). The summed E-state index contributed by atoms with van der Waals surface area (Å²) in [7, 11) is -2.81. The fourth-order valence-corrected chi connectivity index (χ4v) is 4.09. The minimum atomic E-state index is -2.81. The lowest BCUT2D eigenvalue weighted by Crippen LogP contribution is -2.27. The predicted octanol–water partition coefficient (Wildman–Crippen LogP) is 2.78. The van der Waals surface area contributed by atoms with Crippen LogP contribution >= 0.6 is 0 Å². The lowest BCUT2D eigenvalue weighted by Gasteiger charge is -2.30. The molecule has 1 saturated carbocycles. The maximum absolute atomic E-state index is 11.3. The summed E-state index contributed by atoms with van der Waals surface area (Å²) in [6, 6.07) is 0. The van der Waals surface area contributed by atoms with Crippen LogP contribution in [0.15, 0.2) is 0 Å². The molecule has 0 aromatic carbocycles. The van der Waals surface area contributed by atoms with Gasteiger partial charge in [-0.3, -0.25) is 0 Å². The molecule has 3 heteroatoms. The zero-order valence-electron chi connectivity index (χ0n) is 9.38. The topological polar surface area (TPSA) is 34.1 Å². The Hall–Kier alpha value is -0.0500. The highest BCUT2D eigenvalue weighted by atomic mass is 32.2. The van der Waals surface area contributed by atoms with Gasteiger partial charge in [0.2, 0.25) is 0 Å². The average Bonchev–Trinajstić information content (AvgIpc) is 1.95. The third kappa shape index (κ3) is 4.45. The van der Waals surface area contributed by atoms with Crippen LogP contribution < -0.4 is 0 Å². The van der Waals surface area contributed by atoms with Gasteiger partial charge in [0.05, 0.1) is 5.75 Å². The largest absolute Gasteiger partial charge is 0.229 e. The Morgan fingerprint density at radius 2 is 1.43 bits per heavy atom. The Labute approximate surface area is 88.0 Å². The van der Waals surface area contributed by atoms with E-state index >= 15 is 0 Å². The first-order chi connectivity index (χ1) is 6.41. The first-order valence-electron chi connectivity index (χ1n) is 5.59. The standard InChI is InChI=1S/C11H22O2S/c1-11(10-14(2,12)13)8-6-4-3-5-7-9-11/h3-10H2,1-2H3. The SMILES string of the molecule is CC1(CS(C)(=O)=O)CCCCCCC1. The van der Waals surface area contributed by atoms with Crippen LogP contribution in [0.2, 0.25) is 0 Å². The van der Waals surface area contributed by atoms with Crippen molar-refractivity contribution in [2.45, 2.75) is 51.9 Å². The Balaban J connectivity index is 2.59. The number of sulfone groups is 1. The van der Waals surface area contributed by atoms with Gasteiger partial charge >= 0.3 is 0 Å². The van der Waals surface area contributed by atoms with Crippen molar-refractivity contribution < 1.29 is 8.42 Å². The molecule has 1 aliphatic rings. The minimum Gasteiger partial charge on any atom is -0.229 e. The third-order valence-corrected chi connectivity index (χ3v) is 4.39. The second kappa shape index (κ2) is 4.65. The summed E-state index contributed by atoms with van der Waals surface area (Å²) >= 11 is 0. The lowest BCUT2D eigenvalue weighted by molar-refractivity contribution is 0.269. The van der Waals surface area contributed by atoms with E-state index in [0.717, 1.165) is 12.8 Å². The molecule has 1 aliphatic carbocycles. The minimum absolute atomic E-state index is 0.0496. The van der Waals surface area contributed by atoms with E-state index in [-0.39, 0.29) is 5.41 Å². The summed E-state index contributed by atoms with van der Waals surface area (Å²) in [5.74, 6) is 0.375.